The second-order valence-corrected chi connectivity index (χ2v) is 20.7. The van der Waals surface area contributed by atoms with E-state index in [4.69, 9.17) is 35.0 Å². The van der Waals surface area contributed by atoms with Crippen molar-refractivity contribution < 1.29 is 70.7 Å². The second kappa shape index (κ2) is 27.2. The number of aryl methyl sites for hydroxylation is 2. The number of thioether (sulfide) groups is 1. The van der Waals surface area contributed by atoms with Crippen molar-refractivity contribution in [1.82, 2.24) is 14.8 Å². The Balaban J connectivity index is 0.821. The maximum atomic E-state index is 14.0. The number of Topliss-reactive ketones (excluding diaryl/α,β-unsaturated/α-hetero) is 2. The molecule has 0 spiro atoms. The summed E-state index contributed by atoms with van der Waals surface area (Å²) in [5, 5.41) is 10.1. The van der Waals surface area contributed by atoms with E-state index >= 15 is 0 Å². The van der Waals surface area contributed by atoms with Crippen molar-refractivity contribution in [1.29, 1.82) is 0 Å². The lowest BCUT2D eigenvalue weighted by Crippen LogP contribution is -2.47. The average Bonchev–Trinajstić information content (AvgIpc) is 4.07. The van der Waals surface area contributed by atoms with Gasteiger partial charge in [0, 0.05) is 38.1 Å². The molecule has 1 N–H and O–H groups in total. The lowest BCUT2D eigenvalue weighted by Gasteiger charge is -2.34. The van der Waals surface area contributed by atoms with Gasteiger partial charge in [0.15, 0.2) is 23.0 Å². The summed E-state index contributed by atoms with van der Waals surface area (Å²) in [7, 11) is 1.30. The Kier molecular flexibility index (Phi) is 21.1. The quantitative estimate of drug-likeness (QED) is 0.0338. The van der Waals surface area contributed by atoms with Gasteiger partial charge in [0.1, 0.15) is 11.5 Å². The molecule has 3 amide bonds. The Hall–Kier alpha value is -5.99. The summed E-state index contributed by atoms with van der Waals surface area (Å²) in [4.78, 5) is 77.6. The topological polar surface area (TPSA) is 185 Å². The van der Waals surface area contributed by atoms with E-state index < -0.39 is 52.1 Å². The zero-order valence-electron chi connectivity index (χ0n) is 42.4. The predicted molar refractivity (Wildman–Crippen MR) is 276 cm³/mol. The number of hydrogen-bond donors (Lipinski definition) is 1. The van der Waals surface area contributed by atoms with Crippen molar-refractivity contribution in [2.45, 2.75) is 78.1 Å². The summed E-state index contributed by atoms with van der Waals surface area (Å²) in [6.07, 6.45) is -3.19. The lowest BCUT2D eigenvalue weighted by atomic mass is 9.76. The number of rotatable bonds is 27. The number of imide groups is 1. The summed E-state index contributed by atoms with van der Waals surface area (Å²) in [5.74, 6) is -2.29. The van der Waals surface area contributed by atoms with Crippen LogP contribution in [0.15, 0.2) is 71.1 Å². The summed E-state index contributed by atoms with van der Waals surface area (Å²) < 4.78 is 74.2. The first kappa shape index (κ1) is 58.3. The predicted octanol–water partition coefficient (Wildman–Crippen LogP) is 9.77. The van der Waals surface area contributed by atoms with Gasteiger partial charge in [-0.3, -0.25) is 28.9 Å². The molecule has 3 aromatic carbocycles. The summed E-state index contributed by atoms with van der Waals surface area (Å²) in [6, 6.07) is 14.6. The number of alkyl halides is 3. The number of carbonyl (C=O) groups is 5. The fourth-order valence-electron chi connectivity index (χ4n) is 8.31. The molecule has 16 nitrogen and oxygen atoms in total. The molecule has 0 bridgehead atoms. The number of ether oxygens (including phenoxy) is 6. The number of methoxy groups -OCH3 is 1. The molecule has 75 heavy (non-hydrogen) atoms. The van der Waals surface area contributed by atoms with Crippen LogP contribution in [-0.2, 0) is 50.7 Å². The van der Waals surface area contributed by atoms with Gasteiger partial charge < -0.3 is 38.4 Å². The van der Waals surface area contributed by atoms with Gasteiger partial charge in [0.2, 0.25) is 5.91 Å². The Morgan fingerprint density at radius 2 is 1.53 bits per heavy atom. The van der Waals surface area contributed by atoms with Crippen LogP contribution in [0, 0.1) is 24.8 Å². The SMILES string of the molecule is [C-]#[N+]c1ccc(Oc2ccc(/C=C3\SC(=O)N(CCOCCOCCOCCOCCC(=O)C[C@H](C(=O)N4C[C@H](O)C[C@H]4C(=O)CCc4ccc(-c5scnc5C)cc4)C(C)(C)C)C3=O)cc2OC)c(C(F)(F)F)c1. The number of thiazole rings is 1. The monoisotopic (exact) mass is 1080 g/mol. The number of ketones is 2. The van der Waals surface area contributed by atoms with Crippen LogP contribution in [0.2, 0.25) is 0 Å². The van der Waals surface area contributed by atoms with Gasteiger partial charge >= 0.3 is 6.18 Å². The number of hydrogen-bond acceptors (Lipinski definition) is 15. The number of aliphatic hydroxyl groups excluding tert-OH is 1. The number of benzene rings is 3. The van der Waals surface area contributed by atoms with Gasteiger partial charge in [0.05, 0.1) is 112 Å². The zero-order chi connectivity index (χ0) is 54.3. The van der Waals surface area contributed by atoms with Gasteiger partial charge in [-0.15, -0.1) is 11.3 Å². The molecule has 1 aromatic heterocycles. The first-order valence-electron chi connectivity index (χ1n) is 24.3. The first-order valence-corrected chi connectivity index (χ1v) is 26.0. The molecule has 402 valence electrons. The summed E-state index contributed by atoms with van der Waals surface area (Å²) in [6.45, 7) is 16.4. The third-order valence-corrected chi connectivity index (χ3v) is 14.3. The highest BCUT2D eigenvalue weighted by Gasteiger charge is 2.44. The smallest absolute Gasteiger partial charge is 0.418 e. The number of aromatic nitrogens is 1. The Morgan fingerprint density at radius 1 is 0.880 bits per heavy atom. The first-order chi connectivity index (χ1) is 35.8. The Bertz CT molecular complexity index is 2720. The highest BCUT2D eigenvalue weighted by molar-refractivity contribution is 8.18. The molecule has 2 saturated heterocycles. The molecule has 0 unspecified atom stereocenters. The Morgan fingerprint density at radius 3 is 2.15 bits per heavy atom. The molecule has 0 aliphatic carbocycles. The number of halogens is 3. The number of carbonyl (C=O) groups excluding carboxylic acids is 5. The second-order valence-electron chi connectivity index (χ2n) is 18.8. The van der Waals surface area contributed by atoms with Gasteiger partial charge in [0.25, 0.3) is 11.1 Å². The molecule has 2 aliphatic rings. The zero-order valence-corrected chi connectivity index (χ0v) is 44.1. The van der Waals surface area contributed by atoms with Crippen molar-refractivity contribution in [3.8, 4) is 27.7 Å². The van der Waals surface area contributed by atoms with Crippen LogP contribution in [-0.4, -0.2) is 134 Å². The van der Waals surface area contributed by atoms with Gasteiger partial charge in [-0.25, -0.2) is 9.83 Å². The van der Waals surface area contributed by atoms with E-state index in [9.17, 15) is 42.3 Å². The molecule has 4 aromatic rings. The highest BCUT2D eigenvalue weighted by atomic mass is 32.2. The number of likely N-dealkylation sites (tertiary alicyclic amines) is 1. The van der Waals surface area contributed by atoms with Crippen LogP contribution in [0.3, 0.4) is 0 Å². The van der Waals surface area contributed by atoms with Crippen LogP contribution in [0.5, 0.6) is 17.2 Å². The van der Waals surface area contributed by atoms with Crippen LogP contribution >= 0.6 is 23.1 Å². The number of nitrogens with zero attached hydrogens (tertiary/aromatic N) is 4. The molecular weight excluding hydrogens is 1020 g/mol. The van der Waals surface area contributed by atoms with E-state index in [0.717, 1.165) is 44.4 Å². The van der Waals surface area contributed by atoms with E-state index in [0.29, 0.717) is 18.1 Å². The molecule has 6 rings (SSSR count). The minimum atomic E-state index is -4.78. The molecule has 3 heterocycles. The standard InChI is InChI=1S/C54H61F3N4O12S2/c1-34-49(74-33-59-34)37-11-7-35(8-12-37)9-14-44(64)43-31-40(63)32-61(43)50(65)42(53(2,3)4)30-39(62)17-19-69-21-23-71-25-26-72-24-22-70-20-18-60-51(66)48(75-52(60)67)28-36-10-15-46(47(27-36)68-6)73-45-16-13-38(58-5)29-41(45)54(55,56)57/h7-8,10-13,15-16,27-29,33,40,42-43,63H,9,14,17-26,30-32H2,1-4,6H3/b48-28-/t40-,42-,43+/m1/s1. The molecule has 21 heteroatoms. The van der Waals surface area contributed by atoms with Crippen LogP contribution in [0.4, 0.5) is 23.7 Å². The van der Waals surface area contributed by atoms with Gasteiger partial charge in [-0.2, -0.15) is 13.2 Å². The number of β-amino-alcohol motifs (C(OH)–C–C–N with tert-alkyl or cyclic N) is 1. The minimum Gasteiger partial charge on any atom is -0.493 e. The van der Waals surface area contributed by atoms with E-state index in [1.54, 1.807) is 11.3 Å². The van der Waals surface area contributed by atoms with Gasteiger partial charge in [-0.1, -0.05) is 57.2 Å². The van der Waals surface area contributed by atoms with Crippen molar-refractivity contribution in [3.63, 3.8) is 0 Å². The highest BCUT2D eigenvalue weighted by Crippen LogP contribution is 2.43. The molecule has 2 fully saturated rings. The third kappa shape index (κ3) is 16.5. The normalized spacial score (nSPS) is 16.9. The van der Waals surface area contributed by atoms with Crippen LogP contribution in [0.1, 0.15) is 68.8 Å². The number of amides is 3. The molecule has 0 saturated carbocycles. The fraction of sp³-hybridized carbons (Fsp3) is 0.463. The molecular formula is C54H61F3N4O12S2. The van der Waals surface area contributed by atoms with Crippen molar-refractivity contribution in [2.75, 3.05) is 73.1 Å². The van der Waals surface area contributed by atoms with Crippen LogP contribution in [0.25, 0.3) is 21.4 Å². The molecule has 3 atom stereocenters. The van der Waals surface area contributed by atoms with Crippen molar-refractivity contribution in [2.24, 2.45) is 11.3 Å². The van der Waals surface area contributed by atoms with E-state index in [-0.39, 0.29) is 131 Å². The van der Waals surface area contributed by atoms with Gasteiger partial charge in [-0.05, 0) is 77.6 Å². The average molecular weight is 1080 g/mol. The fourth-order valence-corrected chi connectivity index (χ4v) is 9.99. The van der Waals surface area contributed by atoms with Crippen LogP contribution < -0.4 is 9.47 Å². The number of aliphatic hydroxyl groups is 1. The largest absolute Gasteiger partial charge is 0.493 e. The van der Waals surface area contributed by atoms with Crippen molar-refractivity contribution >= 4 is 63.5 Å². The van der Waals surface area contributed by atoms with E-state index in [2.05, 4.69) is 9.83 Å². The molecule has 0 radical (unpaired) electrons. The summed E-state index contributed by atoms with van der Waals surface area (Å²) >= 11 is 2.31. The van der Waals surface area contributed by atoms with E-state index in [1.807, 2.05) is 57.5 Å². The molecule has 2 aliphatic heterocycles. The maximum Gasteiger partial charge on any atom is 0.418 e. The van der Waals surface area contributed by atoms with E-state index in [1.165, 1.54) is 42.4 Å². The summed E-state index contributed by atoms with van der Waals surface area (Å²) in [5.41, 5.74) is 3.36. The maximum absolute atomic E-state index is 14.0. The van der Waals surface area contributed by atoms with Crippen molar-refractivity contribution in [3.05, 3.63) is 105 Å². The lowest BCUT2D eigenvalue weighted by molar-refractivity contribution is -0.146. The third-order valence-electron chi connectivity index (χ3n) is 12.4. The minimum absolute atomic E-state index is 0.00507. The Labute approximate surface area is 442 Å².